The van der Waals surface area contributed by atoms with E-state index in [0.717, 1.165) is 183 Å². The highest BCUT2D eigenvalue weighted by Crippen LogP contribution is 2.52. The molecule has 0 amide bonds. The summed E-state index contributed by atoms with van der Waals surface area (Å²) in [6, 6.07) is 127. The number of para-hydroxylation sites is 7. The number of hydrogen-bond donors (Lipinski definition) is 0. The number of hydrogen-bond acceptors (Lipinski definition) is 6. The fourth-order valence-electron chi connectivity index (χ4n) is 16.1. The molecule has 4 aromatic heterocycles. The summed E-state index contributed by atoms with van der Waals surface area (Å²) in [5, 5.41) is 15.7. The van der Waals surface area contributed by atoms with Gasteiger partial charge in [-0.15, -0.1) is 0 Å². The molecule has 0 unspecified atom stereocenters. The predicted octanol–water partition coefficient (Wildman–Crippen LogP) is 28.0. The van der Waals surface area contributed by atoms with Crippen LogP contribution in [0.15, 0.2) is 370 Å². The van der Waals surface area contributed by atoms with Crippen LogP contribution in [0.4, 0.5) is 34.1 Å². The van der Waals surface area contributed by atoms with E-state index in [0.29, 0.717) is 0 Å². The zero-order valence-corrected chi connectivity index (χ0v) is 55.0. The number of furan rings is 4. The first-order chi connectivity index (χ1) is 50.5. The average molecular weight is 1300 g/mol. The number of fused-ring (bicyclic) bond motifs is 16. The first-order valence-electron chi connectivity index (χ1n) is 34.7. The van der Waals surface area contributed by atoms with E-state index >= 15 is 0 Å². The van der Waals surface area contributed by atoms with Gasteiger partial charge in [0, 0.05) is 54.7 Å². The third kappa shape index (κ3) is 9.20. The second kappa shape index (κ2) is 23.0. The molecule has 0 aliphatic carbocycles. The highest BCUT2D eigenvalue weighted by Gasteiger charge is 2.27. The normalized spacial score (nSPS) is 11.9. The van der Waals surface area contributed by atoms with E-state index in [1.54, 1.807) is 0 Å². The van der Waals surface area contributed by atoms with Gasteiger partial charge in [0.05, 0.1) is 39.2 Å². The molecule has 6 nitrogen and oxygen atoms in total. The molecule has 102 heavy (non-hydrogen) atoms. The van der Waals surface area contributed by atoms with Gasteiger partial charge in [-0.05, 0) is 199 Å². The van der Waals surface area contributed by atoms with Crippen LogP contribution < -0.4 is 9.80 Å². The van der Waals surface area contributed by atoms with Crippen molar-refractivity contribution in [1.82, 2.24) is 0 Å². The van der Waals surface area contributed by atoms with Crippen LogP contribution in [-0.2, 0) is 0 Å². The largest absolute Gasteiger partial charge is 0.456 e. The molecule has 6 heteroatoms. The highest BCUT2D eigenvalue weighted by atomic mass is 16.3. The van der Waals surface area contributed by atoms with Gasteiger partial charge in [-0.25, -0.2) is 0 Å². The Morgan fingerprint density at radius 1 is 0.167 bits per heavy atom. The Morgan fingerprint density at radius 3 is 1.08 bits per heavy atom. The molecule has 4 heterocycles. The minimum atomic E-state index is 0.826. The lowest BCUT2D eigenvalue weighted by Gasteiger charge is -2.30. The Labute approximate surface area is 585 Å². The quantitative estimate of drug-likeness (QED) is 0.120. The summed E-state index contributed by atoms with van der Waals surface area (Å²) >= 11 is 0. The van der Waals surface area contributed by atoms with Gasteiger partial charge in [0.15, 0.2) is 0 Å². The lowest BCUT2D eigenvalue weighted by Crippen LogP contribution is -2.13. The minimum absolute atomic E-state index is 0.826. The summed E-state index contributed by atoms with van der Waals surface area (Å²) in [5.74, 6) is 0. The van der Waals surface area contributed by atoms with Gasteiger partial charge in [0.2, 0.25) is 0 Å². The molecule has 21 rings (SSSR count). The fourth-order valence-corrected chi connectivity index (χ4v) is 16.1. The van der Waals surface area contributed by atoms with Gasteiger partial charge in [-0.1, -0.05) is 224 Å². The summed E-state index contributed by atoms with van der Waals surface area (Å²) in [4.78, 5) is 4.84. The average Bonchev–Trinajstić information content (AvgIpc) is 0.932. The lowest BCUT2D eigenvalue weighted by atomic mass is 9.90. The van der Waals surface area contributed by atoms with Crippen LogP contribution in [0.1, 0.15) is 0 Å². The van der Waals surface area contributed by atoms with Crippen molar-refractivity contribution in [2.75, 3.05) is 9.80 Å². The summed E-state index contributed by atoms with van der Waals surface area (Å²) < 4.78 is 26.2. The van der Waals surface area contributed by atoms with Gasteiger partial charge < -0.3 is 27.5 Å². The second-order valence-corrected chi connectivity index (χ2v) is 26.6. The molecular weight excluding hydrogens is 1250 g/mol. The van der Waals surface area contributed by atoms with Crippen molar-refractivity contribution in [2.24, 2.45) is 0 Å². The maximum absolute atomic E-state index is 6.65. The molecule has 21 aromatic rings. The smallest absolute Gasteiger partial charge is 0.137 e. The van der Waals surface area contributed by atoms with Crippen LogP contribution in [-0.4, -0.2) is 0 Å². The van der Waals surface area contributed by atoms with Gasteiger partial charge >= 0.3 is 0 Å². The molecular formula is C96H58N2O4. The standard InChI is InChI=1S/C96H58N2O4/c1-2-22-73-72(21-1)69-50-45-64(55-67(69)56-81(73)74-23-5-12-30-84(74)98(86-32-18-38-92-96(86)80-27-9-16-36-90(80)100-92)83-29-11-4-20-71(83)66-47-52-78-76-25-7-14-34-88(76)102-94(78)58-66)63-42-41-61-53-60(39-40-62(61)54-63)59-43-48-68(49-44-59)97(85-31-17-37-91-95(85)79-26-8-15-35-89(79)99-91)82-28-10-3-19-70(82)65-46-51-77-75-24-6-13-33-87(75)101-93(77)57-65/h1-58H. The first-order valence-corrected chi connectivity index (χ1v) is 34.7. The van der Waals surface area contributed by atoms with Crippen LogP contribution >= 0.6 is 0 Å². The third-order valence-electron chi connectivity index (χ3n) is 20.8. The summed E-state index contributed by atoms with van der Waals surface area (Å²) in [5.41, 5.74) is 24.1. The van der Waals surface area contributed by atoms with E-state index in [1.165, 1.54) is 26.9 Å². The van der Waals surface area contributed by atoms with Crippen LogP contribution in [0.3, 0.4) is 0 Å². The lowest BCUT2D eigenvalue weighted by molar-refractivity contribution is 0.668. The van der Waals surface area contributed by atoms with Crippen molar-refractivity contribution in [3.63, 3.8) is 0 Å². The molecule has 0 N–H and O–H groups in total. The maximum atomic E-state index is 6.65. The van der Waals surface area contributed by atoms with Crippen molar-refractivity contribution in [2.45, 2.75) is 0 Å². The first kappa shape index (κ1) is 57.4. The van der Waals surface area contributed by atoms with Crippen molar-refractivity contribution in [3.05, 3.63) is 352 Å². The van der Waals surface area contributed by atoms with Crippen LogP contribution in [0, 0.1) is 0 Å². The van der Waals surface area contributed by atoms with Crippen LogP contribution in [0.5, 0.6) is 0 Å². The van der Waals surface area contributed by atoms with Crippen LogP contribution in [0.2, 0.25) is 0 Å². The van der Waals surface area contributed by atoms with Crippen molar-refractivity contribution in [3.8, 4) is 55.6 Å². The molecule has 476 valence electrons. The van der Waals surface area contributed by atoms with Gasteiger partial charge in [0.1, 0.15) is 44.7 Å². The van der Waals surface area contributed by atoms with E-state index in [9.17, 15) is 0 Å². The van der Waals surface area contributed by atoms with Crippen molar-refractivity contribution >= 4 is 154 Å². The number of nitrogens with zero attached hydrogens (tertiary/aromatic N) is 2. The van der Waals surface area contributed by atoms with Crippen molar-refractivity contribution in [1.29, 1.82) is 0 Å². The zero-order chi connectivity index (χ0) is 66.9. The number of rotatable bonds is 11. The number of anilines is 6. The summed E-state index contributed by atoms with van der Waals surface area (Å²) in [6.45, 7) is 0. The zero-order valence-electron chi connectivity index (χ0n) is 55.0. The molecule has 0 spiro atoms. The molecule has 0 aliphatic rings. The second-order valence-electron chi connectivity index (χ2n) is 26.6. The van der Waals surface area contributed by atoms with Crippen molar-refractivity contribution < 1.29 is 17.7 Å². The Bertz CT molecular complexity index is 6990. The molecule has 0 saturated carbocycles. The molecule has 0 fully saturated rings. The minimum Gasteiger partial charge on any atom is -0.456 e. The fraction of sp³-hybridized carbons (Fsp3) is 0. The van der Waals surface area contributed by atoms with E-state index in [-0.39, 0.29) is 0 Å². The Hall–Kier alpha value is -13.7. The Morgan fingerprint density at radius 2 is 0.520 bits per heavy atom. The van der Waals surface area contributed by atoms with E-state index < -0.39 is 0 Å². The third-order valence-corrected chi connectivity index (χ3v) is 20.8. The summed E-state index contributed by atoms with van der Waals surface area (Å²) in [7, 11) is 0. The van der Waals surface area contributed by atoms with Gasteiger partial charge in [0.25, 0.3) is 0 Å². The monoisotopic (exact) mass is 1300 g/mol. The molecule has 0 atom stereocenters. The van der Waals surface area contributed by atoms with Crippen LogP contribution in [0.25, 0.3) is 176 Å². The SMILES string of the molecule is c1ccc(N(c2ccc(-c3ccc4cc(-c5ccc6c(c5)cc(-c5ccccc5N(c5ccccc5-c5ccc7c(c5)oc5ccccc57)c5cccc7oc8ccccc8c57)c5ccccc56)ccc4c3)cc2)c2cccc3oc4ccccc4c23)c(-c2ccc3c(c2)oc2ccccc23)c1. The van der Waals surface area contributed by atoms with Gasteiger partial charge in [-0.2, -0.15) is 0 Å². The Balaban J connectivity index is 0.652. The Kier molecular flexibility index (Phi) is 12.9. The molecule has 0 aliphatic heterocycles. The van der Waals surface area contributed by atoms with E-state index in [2.05, 4.69) is 319 Å². The molecule has 0 saturated heterocycles. The molecule has 17 aromatic carbocycles. The number of benzene rings is 17. The topological polar surface area (TPSA) is 59.0 Å². The predicted molar refractivity (Wildman–Crippen MR) is 425 cm³/mol. The van der Waals surface area contributed by atoms with Gasteiger partial charge in [-0.3, -0.25) is 0 Å². The van der Waals surface area contributed by atoms with E-state index in [1.807, 2.05) is 42.5 Å². The maximum Gasteiger partial charge on any atom is 0.137 e. The highest BCUT2D eigenvalue weighted by molar-refractivity contribution is 6.19. The van der Waals surface area contributed by atoms with E-state index in [4.69, 9.17) is 17.7 Å². The summed E-state index contributed by atoms with van der Waals surface area (Å²) in [6.07, 6.45) is 0. The molecule has 0 bridgehead atoms. The molecule has 0 radical (unpaired) electrons.